The second-order valence-corrected chi connectivity index (χ2v) is 8.11. The molecule has 0 saturated carbocycles. The molecule has 0 aromatic heterocycles. The maximum absolute atomic E-state index is 13.1. The van der Waals surface area contributed by atoms with Gasteiger partial charge in [0, 0.05) is 6.42 Å². The molecule has 2 rings (SSSR count). The Balaban J connectivity index is 2.56. The first-order valence-corrected chi connectivity index (χ1v) is 11.4. The summed E-state index contributed by atoms with van der Waals surface area (Å²) in [5.74, 6) is -0.887. The maximum Gasteiger partial charge on any atom is 0.475 e. The van der Waals surface area contributed by atoms with E-state index in [1.165, 1.54) is 0 Å². The van der Waals surface area contributed by atoms with E-state index in [-0.39, 0.29) is 26.2 Å². The van der Waals surface area contributed by atoms with Crippen LogP contribution in [0.5, 0.6) is 0 Å². The molecule has 0 unspecified atom stereocenters. The summed E-state index contributed by atoms with van der Waals surface area (Å²) >= 11 is 0. The average molecular weight is 436 g/mol. The van der Waals surface area contributed by atoms with Crippen LogP contribution < -0.4 is 0 Å². The van der Waals surface area contributed by atoms with E-state index in [9.17, 15) is 14.5 Å². The van der Waals surface area contributed by atoms with Crippen molar-refractivity contribution in [2.75, 3.05) is 19.8 Å². The summed E-state index contributed by atoms with van der Waals surface area (Å²) in [4.78, 5) is 13.0. The van der Waals surface area contributed by atoms with Gasteiger partial charge in [0.2, 0.25) is 0 Å². The van der Waals surface area contributed by atoms with Gasteiger partial charge in [0.05, 0.1) is 19.8 Å². The molecule has 0 heterocycles. The highest BCUT2D eigenvalue weighted by Gasteiger charge is 2.50. The zero-order valence-corrected chi connectivity index (χ0v) is 18.4. The van der Waals surface area contributed by atoms with E-state index in [1.54, 1.807) is 75.4 Å². The summed E-state index contributed by atoms with van der Waals surface area (Å²) in [5.41, 5.74) is -1.06. The van der Waals surface area contributed by atoms with Crippen LogP contribution in [-0.4, -0.2) is 36.5 Å². The van der Waals surface area contributed by atoms with Gasteiger partial charge >= 0.3 is 13.8 Å². The predicted molar refractivity (Wildman–Crippen MR) is 113 cm³/mol. The van der Waals surface area contributed by atoms with Gasteiger partial charge in [-0.2, -0.15) is 0 Å². The summed E-state index contributed by atoms with van der Waals surface area (Å²) in [6.45, 7) is 5.13. The summed E-state index contributed by atoms with van der Waals surface area (Å²) in [6.07, 6.45) is -1.48. The molecule has 164 valence electrons. The average Bonchev–Trinajstić information content (AvgIpc) is 2.74. The molecule has 0 aliphatic carbocycles. The highest BCUT2D eigenvalue weighted by atomic mass is 31.2. The van der Waals surface area contributed by atoms with Gasteiger partial charge in [-0.05, 0) is 31.9 Å². The fraction of sp³-hybridized carbons (Fsp3) is 0.409. The highest BCUT2D eigenvalue weighted by Crippen LogP contribution is 2.55. The van der Waals surface area contributed by atoms with Crippen molar-refractivity contribution in [3.8, 4) is 0 Å². The number of phosphoric ester groups is 1. The number of rotatable bonds is 12. The van der Waals surface area contributed by atoms with Gasteiger partial charge in [-0.1, -0.05) is 60.7 Å². The first-order valence-electron chi connectivity index (χ1n) is 9.94. The molecule has 0 radical (unpaired) electrons. The van der Waals surface area contributed by atoms with Crippen LogP contribution in [0.3, 0.4) is 0 Å². The Labute approximate surface area is 177 Å². The minimum atomic E-state index is -4.07. The number of carbonyl (C=O) groups is 1. The standard InChI is InChI=1S/C22H29O7P/c1-4-26-21(23)22(24,17-18-13-9-7-10-14-18)20(19-15-11-8-12-16-19)29-30(25,27-5-2)28-6-3/h7-16,20,24H,4-6,17H2,1-3H3/t20-,22-/m0/s1. The van der Waals surface area contributed by atoms with Crippen LogP contribution in [0.2, 0.25) is 0 Å². The van der Waals surface area contributed by atoms with Gasteiger partial charge < -0.3 is 9.84 Å². The van der Waals surface area contributed by atoms with Crippen LogP contribution in [0.15, 0.2) is 60.7 Å². The Hall–Kier alpha value is -2.02. The van der Waals surface area contributed by atoms with Crippen LogP contribution in [-0.2, 0) is 34.1 Å². The summed E-state index contributed by atoms with van der Waals surface area (Å²) in [7, 11) is -4.07. The van der Waals surface area contributed by atoms with Crippen molar-refractivity contribution in [3.63, 3.8) is 0 Å². The lowest BCUT2D eigenvalue weighted by molar-refractivity contribution is -0.177. The number of benzene rings is 2. The van der Waals surface area contributed by atoms with Crippen LogP contribution in [0, 0.1) is 0 Å². The lowest BCUT2D eigenvalue weighted by Crippen LogP contribution is -2.48. The Bertz CT molecular complexity index is 818. The zero-order chi connectivity index (χ0) is 22.0. The van der Waals surface area contributed by atoms with Crippen molar-refractivity contribution in [2.45, 2.75) is 38.9 Å². The third-order valence-electron chi connectivity index (χ3n) is 4.29. The number of hydrogen-bond donors (Lipinski definition) is 1. The Morgan fingerprint density at radius 1 is 0.933 bits per heavy atom. The fourth-order valence-corrected chi connectivity index (χ4v) is 4.41. The molecule has 0 spiro atoms. The van der Waals surface area contributed by atoms with Crippen molar-refractivity contribution in [2.24, 2.45) is 0 Å². The Morgan fingerprint density at radius 3 is 1.97 bits per heavy atom. The second kappa shape index (κ2) is 11.4. The van der Waals surface area contributed by atoms with Gasteiger partial charge in [0.25, 0.3) is 0 Å². The highest BCUT2D eigenvalue weighted by molar-refractivity contribution is 7.48. The first kappa shape index (κ1) is 24.3. The minimum absolute atomic E-state index is 0.0615. The SMILES string of the molecule is CCOC(=O)[C@](O)(Cc1ccccc1)[C@@H](OP(=O)(OCC)OCC)c1ccccc1. The number of ether oxygens (including phenoxy) is 1. The topological polar surface area (TPSA) is 91.3 Å². The lowest BCUT2D eigenvalue weighted by Gasteiger charge is -2.35. The number of carbonyl (C=O) groups excluding carboxylic acids is 1. The molecular weight excluding hydrogens is 407 g/mol. The van der Waals surface area contributed by atoms with E-state index in [4.69, 9.17) is 18.3 Å². The lowest BCUT2D eigenvalue weighted by atomic mass is 9.85. The van der Waals surface area contributed by atoms with E-state index in [2.05, 4.69) is 0 Å². The molecule has 2 aromatic carbocycles. The van der Waals surface area contributed by atoms with E-state index in [0.29, 0.717) is 11.1 Å². The quantitative estimate of drug-likeness (QED) is 0.388. The molecular formula is C22H29O7P. The maximum atomic E-state index is 13.1. The third-order valence-corrected chi connectivity index (χ3v) is 5.91. The molecule has 0 saturated heterocycles. The molecule has 0 bridgehead atoms. The molecule has 2 aromatic rings. The molecule has 0 amide bonds. The monoisotopic (exact) mass is 436 g/mol. The fourth-order valence-electron chi connectivity index (χ4n) is 3.03. The van der Waals surface area contributed by atoms with E-state index < -0.39 is 25.5 Å². The predicted octanol–water partition coefficient (Wildman–Crippen LogP) is 4.46. The van der Waals surface area contributed by atoms with Gasteiger partial charge in [-0.3, -0.25) is 13.6 Å². The van der Waals surface area contributed by atoms with E-state index in [0.717, 1.165) is 0 Å². The van der Waals surface area contributed by atoms with E-state index >= 15 is 0 Å². The van der Waals surface area contributed by atoms with Crippen LogP contribution in [0.1, 0.15) is 38.0 Å². The number of esters is 1. The van der Waals surface area contributed by atoms with Crippen molar-refractivity contribution in [1.29, 1.82) is 0 Å². The molecule has 0 fully saturated rings. The van der Waals surface area contributed by atoms with Crippen LogP contribution in [0.25, 0.3) is 0 Å². The second-order valence-electron chi connectivity index (χ2n) is 6.49. The Morgan fingerprint density at radius 2 is 1.47 bits per heavy atom. The van der Waals surface area contributed by atoms with Crippen LogP contribution in [0.4, 0.5) is 0 Å². The number of aliphatic hydroxyl groups is 1. The molecule has 7 nitrogen and oxygen atoms in total. The largest absolute Gasteiger partial charge is 0.475 e. The molecule has 30 heavy (non-hydrogen) atoms. The molecule has 0 aliphatic heterocycles. The molecule has 1 N–H and O–H groups in total. The van der Waals surface area contributed by atoms with Crippen LogP contribution >= 0.6 is 7.82 Å². The summed E-state index contributed by atoms with van der Waals surface area (Å²) in [5, 5.41) is 11.6. The smallest absolute Gasteiger partial charge is 0.464 e. The van der Waals surface area contributed by atoms with Crippen molar-refractivity contribution < 1.29 is 32.8 Å². The van der Waals surface area contributed by atoms with Crippen molar-refractivity contribution in [1.82, 2.24) is 0 Å². The summed E-state index contributed by atoms with van der Waals surface area (Å²) in [6, 6.07) is 17.5. The third kappa shape index (κ3) is 6.24. The van der Waals surface area contributed by atoms with Gasteiger partial charge in [0.1, 0.15) is 6.10 Å². The van der Waals surface area contributed by atoms with Gasteiger partial charge in [0.15, 0.2) is 5.60 Å². The van der Waals surface area contributed by atoms with Gasteiger partial charge in [-0.15, -0.1) is 0 Å². The number of hydrogen-bond acceptors (Lipinski definition) is 7. The zero-order valence-electron chi connectivity index (χ0n) is 17.5. The normalized spacial score (nSPS) is 14.7. The molecule has 2 atom stereocenters. The number of phosphoric acid groups is 1. The first-order chi connectivity index (χ1) is 14.4. The molecule has 8 heteroatoms. The molecule has 0 aliphatic rings. The van der Waals surface area contributed by atoms with Crippen molar-refractivity contribution in [3.05, 3.63) is 71.8 Å². The van der Waals surface area contributed by atoms with E-state index in [1.807, 2.05) is 6.07 Å². The Kier molecular flexibility index (Phi) is 9.21. The summed E-state index contributed by atoms with van der Waals surface area (Å²) < 4.78 is 34.6. The van der Waals surface area contributed by atoms with Crippen molar-refractivity contribution >= 4 is 13.8 Å². The minimum Gasteiger partial charge on any atom is -0.464 e. The van der Waals surface area contributed by atoms with Gasteiger partial charge in [-0.25, -0.2) is 9.36 Å².